The number of fused-ring (bicyclic) bond motifs is 2. The van der Waals surface area contributed by atoms with E-state index in [0.717, 1.165) is 11.1 Å². The van der Waals surface area contributed by atoms with Crippen LogP contribution in [0.1, 0.15) is 73.5 Å². The lowest BCUT2D eigenvalue weighted by Gasteiger charge is -2.30. The Morgan fingerprint density at radius 2 is 1.71 bits per heavy atom. The van der Waals surface area contributed by atoms with Crippen LogP contribution < -0.4 is 10.6 Å². The molecule has 3 aliphatic rings. The van der Waals surface area contributed by atoms with E-state index < -0.39 is 59.5 Å². The Hall–Kier alpha value is -4.56. The zero-order chi connectivity index (χ0) is 37.3. The van der Waals surface area contributed by atoms with E-state index in [1.165, 1.54) is 6.26 Å². The van der Waals surface area contributed by atoms with Crippen LogP contribution in [0.3, 0.4) is 0 Å². The fourth-order valence-corrected chi connectivity index (χ4v) is 6.53. The summed E-state index contributed by atoms with van der Waals surface area (Å²) in [5.41, 5.74) is 2.73. The van der Waals surface area contributed by atoms with E-state index in [0.29, 0.717) is 24.0 Å². The third-order valence-corrected chi connectivity index (χ3v) is 8.84. The molecule has 4 N–H and O–H groups in total. The molecule has 0 saturated carbocycles. The fourth-order valence-electron chi connectivity index (χ4n) is 6.53. The van der Waals surface area contributed by atoms with E-state index in [4.69, 9.17) is 28.8 Å². The largest absolute Gasteiger partial charge is 0.499 e. The molecule has 52 heavy (non-hydrogen) atoms. The number of hydrogen-bond acceptors (Lipinski definition) is 11. The molecule has 1 spiro atoms. The van der Waals surface area contributed by atoms with Crippen molar-refractivity contribution in [2.75, 3.05) is 26.4 Å². The number of rotatable bonds is 15. The van der Waals surface area contributed by atoms with E-state index in [1.807, 2.05) is 24.3 Å². The molecule has 1 aliphatic heterocycles. The van der Waals surface area contributed by atoms with E-state index in [-0.39, 0.29) is 57.6 Å². The fraction of sp³-hybridized carbons (Fsp3) is 0.487. The first kappa shape index (κ1) is 38.7. The van der Waals surface area contributed by atoms with Crippen LogP contribution in [0.15, 0.2) is 66.4 Å². The number of carbonyl (C=O) groups is 4. The molecule has 13 heteroatoms. The van der Waals surface area contributed by atoms with Crippen LogP contribution in [0, 0.1) is 0 Å². The van der Waals surface area contributed by atoms with Crippen molar-refractivity contribution in [1.29, 1.82) is 0 Å². The minimum atomic E-state index is -0.971. The van der Waals surface area contributed by atoms with Crippen LogP contribution >= 0.6 is 0 Å². The number of hydrogen-bond donors (Lipinski definition) is 4. The van der Waals surface area contributed by atoms with Crippen molar-refractivity contribution < 1.29 is 53.1 Å². The predicted molar refractivity (Wildman–Crippen MR) is 188 cm³/mol. The van der Waals surface area contributed by atoms with Gasteiger partial charge in [-0.2, -0.15) is 0 Å². The molecular weight excluding hydrogens is 672 g/mol. The highest BCUT2D eigenvalue weighted by atomic mass is 16.8. The highest BCUT2D eigenvalue weighted by molar-refractivity contribution is 5.95. The average Bonchev–Trinajstić information content (AvgIpc) is 3.65. The van der Waals surface area contributed by atoms with Crippen LogP contribution in [-0.2, 0) is 50.9 Å². The minimum absolute atomic E-state index is 0.000559. The number of ether oxygens (including phenoxy) is 5. The highest BCUT2D eigenvalue weighted by Gasteiger charge is 2.55. The van der Waals surface area contributed by atoms with Crippen molar-refractivity contribution in [3.8, 4) is 0 Å². The molecule has 2 aliphatic carbocycles. The first-order valence-corrected chi connectivity index (χ1v) is 17.6. The van der Waals surface area contributed by atoms with Crippen molar-refractivity contribution in [1.82, 2.24) is 10.6 Å². The van der Waals surface area contributed by atoms with Crippen molar-refractivity contribution in [2.45, 2.75) is 95.0 Å². The molecule has 4 atom stereocenters. The van der Waals surface area contributed by atoms with Gasteiger partial charge in [-0.3, -0.25) is 14.4 Å². The number of aliphatic hydroxyl groups is 2. The maximum atomic E-state index is 13.6. The second-order valence-corrected chi connectivity index (χ2v) is 14.1. The van der Waals surface area contributed by atoms with Gasteiger partial charge in [-0.05, 0) is 62.1 Å². The Kier molecular flexibility index (Phi) is 12.9. The lowest BCUT2D eigenvalue weighted by Crippen LogP contribution is -2.44. The molecule has 13 nitrogen and oxygen atoms in total. The number of carbonyl (C=O) groups excluding carboxylic acids is 4. The van der Waals surface area contributed by atoms with Crippen molar-refractivity contribution >= 4 is 29.8 Å². The topological polar surface area (TPSA) is 179 Å². The van der Waals surface area contributed by atoms with Gasteiger partial charge < -0.3 is 44.5 Å². The van der Waals surface area contributed by atoms with Gasteiger partial charge in [0.05, 0.1) is 31.1 Å². The third-order valence-electron chi connectivity index (χ3n) is 8.84. The first-order valence-electron chi connectivity index (χ1n) is 17.6. The quantitative estimate of drug-likeness (QED) is 0.121. The third kappa shape index (κ3) is 10.3. The van der Waals surface area contributed by atoms with Gasteiger partial charge in [-0.15, -0.1) is 0 Å². The Labute approximate surface area is 303 Å². The van der Waals surface area contributed by atoms with Gasteiger partial charge in [-0.1, -0.05) is 42.5 Å². The second-order valence-electron chi connectivity index (χ2n) is 14.1. The highest BCUT2D eigenvalue weighted by Crippen LogP contribution is 2.45. The van der Waals surface area contributed by atoms with Crippen molar-refractivity contribution in [3.05, 3.63) is 88.7 Å². The molecular formula is C39H48N2O11. The summed E-state index contributed by atoms with van der Waals surface area (Å²) < 4.78 is 29.7. The molecule has 280 valence electrons. The lowest BCUT2D eigenvalue weighted by atomic mass is 9.91. The first-order chi connectivity index (χ1) is 24.9. The Balaban J connectivity index is 1.23. The number of nitrogens with one attached hydrogen (secondary N) is 2. The zero-order valence-electron chi connectivity index (χ0n) is 29.8. The lowest BCUT2D eigenvalue weighted by molar-refractivity contribution is -0.172. The SMILES string of the molecule is CC(C)(C)OC(=O)CC[C@@H](CO)NC(=O)CCNC(=O)C1=C[C@H]2OC3(Cc4ccccc4C3)O[C@H]2[C@H](OC(=O)c2ccccc2C=COCCO)C1. The molecule has 2 aromatic carbocycles. The molecule has 5 rings (SSSR count). The number of benzene rings is 2. The van der Waals surface area contributed by atoms with Gasteiger partial charge in [0.2, 0.25) is 11.8 Å². The standard InChI is InChI=1S/C39H48N2O11/c1-38(2,3)51-34(45)13-12-29(24-43)41-33(44)14-16-40-36(46)28-20-31(49-37(47)30-11-7-6-8-25(30)15-18-48-19-17-42)35-32(21-28)50-39(52-35)22-26-9-4-5-10-27(26)23-39/h4-11,15,18,21,29,31-32,35,42-43H,12-14,16-17,19-20,22-24H2,1-3H3,(H,40,46)(H,41,44)/t29-,31+,32+,35-/m0/s1. The van der Waals surface area contributed by atoms with Crippen molar-refractivity contribution in [2.24, 2.45) is 0 Å². The van der Waals surface area contributed by atoms with E-state index >= 15 is 0 Å². The molecule has 0 radical (unpaired) electrons. The monoisotopic (exact) mass is 720 g/mol. The maximum Gasteiger partial charge on any atom is 0.339 e. The summed E-state index contributed by atoms with van der Waals surface area (Å²) in [6, 6.07) is 14.2. The van der Waals surface area contributed by atoms with Gasteiger partial charge in [0.15, 0.2) is 5.79 Å². The molecule has 1 saturated heterocycles. The van der Waals surface area contributed by atoms with Crippen LogP contribution in [0.25, 0.3) is 6.08 Å². The number of aliphatic hydroxyl groups excluding tert-OH is 2. The van der Waals surface area contributed by atoms with Crippen LogP contribution in [0.4, 0.5) is 0 Å². The Morgan fingerprint density at radius 1 is 1.00 bits per heavy atom. The Bertz CT molecular complexity index is 1640. The number of amides is 2. The van der Waals surface area contributed by atoms with Crippen LogP contribution in [0.2, 0.25) is 0 Å². The smallest absolute Gasteiger partial charge is 0.339 e. The van der Waals surface area contributed by atoms with E-state index in [2.05, 4.69) is 10.6 Å². The van der Waals surface area contributed by atoms with Gasteiger partial charge in [-0.25, -0.2) is 4.79 Å². The van der Waals surface area contributed by atoms with E-state index in [9.17, 15) is 24.3 Å². The summed E-state index contributed by atoms with van der Waals surface area (Å²) in [6.07, 6.45) is 3.71. The summed E-state index contributed by atoms with van der Waals surface area (Å²) in [5, 5.41) is 24.2. The average molecular weight is 721 g/mol. The molecule has 0 aromatic heterocycles. The molecule has 2 aromatic rings. The summed E-state index contributed by atoms with van der Waals surface area (Å²) in [4.78, 5) is 51.8. The van der Waals surface area contributed by atoms with Gasteiger partial charge in [0.25, 0.3) is 0 Å². The summed E-state index contributed by atoms with van der Waals surface area (Å²) in [7, 11) is 0. The normalized spacial score (nSPS) is 20.8. The van der Waals surface area contributed by atoms with Gasteiger partial charge in [0.1, 0.15) is 30.5 Å². The molecule has 1 heterocycles. The van der Waals surface area contributed by atoms with Crippen LogP contribution in [-0.4, -0.2) is 96.1 Å². The Morgan fingerprint density at radius 3 is 2.40 bits per heavy atom. The van der Waals surface area contributed by atoms with Crippen LogP contribution in [0.5, 0.6) is 0 Å². The second kappa shape index (κ2) is 17.3. The maximum absolute atomic E-state index is 13.6. The van der Waals surface area contributed by atoms with E-state index in [1.54, 1.807) is 57.2 Å². The minimum Gasteiger partial charge on any atom is -0.499 e. The van der Waals surface area contributed by atoms with Crippen molar-refractivity contribution in [3.63, 3.8) is 0 Å². The van der Waals surface area contributed by atoms with Gasteiger partial charge in [0, 0.05) is 44.2 Å². The summed E-state index contributed by atoms with van der Waals surface area (Å²) >= 11 is 0. The zero-order valence-corrected chi connectivity index (χ0v) is 29.8. The molecule has 0 bridgehead atoms. The molecule has 0 unspecified atom stereocenters. The predicted octanol–water partition coefficient (Wildman–Crippen LogP) is 2.91. The summed E-state index contributed by atoms with van der Waals surface area (Å²) in [6.45, 7) is 4.89. The number of esters is 2. The summed E-state index contributed by atoms with van der Waals surface area (Å²) in [5.74, 6) is -2.86. The molecule has 2 amide bonds. The van der Waals surface area contributed by atoms with Gasteiger partial charge >= 0.3 is 11.9 Å². The molecule has 1 fully saturated rings.